The van der Waals surface area contributed by atoms with Crippen LogP contribution in [0.3, 0.4) is 0 Å². The summed E-state index contributed by atoms with van der Waals surface area (Å²) in [5.41, 5.74) is 0. The van der Waals surface area contributed by atoms with Crippen molar-refractivity contribution in [1.29, 1.82) is 0 Å². The standard InChI is InChI=1S/C9H18N2O4S/c1-3-11-16(14,15)7-6-10-9(13)5-4-8(2)12/h11H,3-7H2,1-2H3,(H,10,13). The van der Waals surface area contributed by atoms with Crippen LogP contribution in [0.1, 0.15) is 26.7 Å². The maximum atomic E-state index is 11.2. The summed E-state index contributed by atoms with van der Waals surface area (Å²) in [7, 11) is -3.29. The van der Waals surface area contributed by atoms with E-state index < -0.39 is 10.0 Å². The minimum Gasteiger partial charge on any atom is -0.355 e. The van der Waals surface area contributed by atoms with E-state index in [1.165, 1.54) is 6.92 Å². The molecule has 0 aromatic carbocycles. The molecular formula is C9H18N2O4S. The van der Waals surface area contributed by atoms with Gasteiger partial charge in [0.05, 0.1) is 5.75 Å². The van der Waals surface area contributed by atoms with Crippen LogP contribution in [0, 0.1) is 0 Å². The summed E-state index contributed by atoms with van der Waals surface area (Å²) < 4.78 is 24.6. The topological polar surface area (TPSA) is 92.3 Å². The largest absolute Gasteiger partial charge is 0.355 e. The SMILES string of the molecule is CCNS(=O)(=O)CCNC(=O)CCC(C)=O. The van der Waals surface area contributed by atoms with Crippen molar-refractivity contribution in [2.24, 2.45) is 0 Å². The Bertz CT molecular complexity index is 337. The highest BCUT2D eigenvalue weighted by Gasteiger charge is 2.09. The molecule has 94 valence electrons. The fourth-order valence-electron chi connectivity index (χ4n) is 0.995. The summed E-state index contributed by atoms with van der Waals surface area (Å²) in [5.74, 6) is -0.510. The summed E-state index contributed by atoms with van der Waals surface area (Å²) in [5, 5.41) is 2.44. The number of hydrogen-bond donors (Lipinski definition) is 2. The molecule has 0 atom stereocenters. The third-order valence-electron chi connectivity index (χ3n) is 1.76. The molecule has 0 aromatic rings. The maximum Gasteiger partial charge on any atom is 0.220 e. The Hall–Kier alpha value is -0.950. The number of carbonyl (C=O) groups is 2. The molecule has 0 heterocycles. The Kier molecular flexibility index (Phi) is 6.91. The Morgan fingerprint density at radius 3 is 2.31 bits per heavy atom. The van der Waals surface area contributed by atoms with Crippen molar-refractivity contribution in [3.05, 3.63) is 0 Å². The molecule has 0 aromatic heterocycles. The molecule has 0 saturated carbocycles. The molecule has 0 aliphatic heterocycles. The molecule has 2 N–H and O–H groups in total. The van der Waals surface area contributed by atoms with Crippen molar-refractivity contribution < 1.29 is 18.0 Å². The molecule has 0 rings (SSSR count). The van der Waals surface area contributed by atoms with E-state index in [1.807, 2.05) is 0 Å². The van der Waals surface area contributed by atoms with Crippen LogP contribution in [0.5, 0.6) is 0 Å². The molecule has 6 nitrogen and oxygen atoms in total. The average molecular weight is 250 g/mol. The van der Waals surface area contributed by atoms with Gasteiger partial charge in [-0.25, -0.2) is 13.1 Å². The van der Waals surface area contributed by atoms with Crippen LogP contribution in [0.25, 0.3) is 0 Å². The van der Waals surface area contributed by atoms with E-state index >= 15 is 0 Å². The van der Waals surface area contributed by atoms with Gasteiger partial charge in [-0.15, -0.1) is 0 Å². The lowest BCUT2D eigenvalue weighted by Gasteiger charge is -2.05. The fraction of sp³-hybridized carbons (Fsp3) is 0.778. The van der Waals surface area contributed by atoms with Gasteiger partial charge in [-0.2, -0.15) is 0 Å². The lowest BCUT2D eigenvalue weighted by Crippen LogP contribution is -2.34. The number of rotatable bonds is 8. The van der Waals surface area contributed by atoms with E-state index in [-0.39, 0.29) is 36.8 Å². The van der Waals surface area contributed by atoms with Gasteiger partial charge in [0.15, 0.2) is 0 Å². The number of amides is 1. The number of Topliss-reactive ketones (excluding diaryl/α,β-unsaturated/α-hetero) is 1. The van der Waals surface area contributed by atoms with Crippen LogP contribution < -0.4 is 10.0 Å². The molecule has 0 spiro atoms. The Morgan fingerprint density at radius 1 is 1.19 bits per heavy atom. The Morgan fingerprint density at radius 2 is 1.81 bits per heavy atom. The van der Waals surface area contributed by atoms with Gasteiger partial charge in [-0.05, 0) is 6.92 Å². The third-order valence-corrected chi connectivity index (χ3v) is 3.23. The Balaban J connectivity index is 3.74. The van der Waals surface area contributed by atoms with Gasteiger partial charge >= 0.3 is 0 Å². The molecule has 0 saturated heterocycles. The van der Waals surface area contributed by atoms with E-state index in [0.29, 0.717) is 6.54 Å². The first-order valence-electron chi connectivity index (χ1n) is 5.11. The molecule has 1 amide bonds. The van der Waals surface area contributed by atoms with E-state index in [4.69, 9.17) is 0 Å². The number of ketones is 1. The molecule has 0 aliphatic rings. The predicted molar refractivity (Wildman–Crippen MR) is 60.4 cm³/mol. The smallest absolute Gasteiger partial charge is 0.220 e. The van der Waals surface area contributed by atoms with E-state index in [1.54, 1.807) is 6.92 Å². The molecule has 0 fully saturated rings. The van der Waals surface area contributed by atoms with Crippen molar-refractivity contribution in [2.75, 3.05) is 18.8 Å². The minimum absolute atomic E-state index is 0.0598. The highest BCUT2D eigenvalue weighted by Crippen LogP contribution is 1.90. The normalized spacial score (nSPS) is 11.1. The first kappa shape index (κ1) is 15.0. The van der Waals surface area contributed by atoms with Crippen LogP contribution >= 0.6 is 0 Å². The molecule has 7 heteroatoms. The summed E-state index contributed by atoms with van der Waals surface area (Å²) in [6, 6.07) is 0. The molecule has 16 heavy (non-hydrogen) atoms. The number of nitrogens with one attached hydrogen (secondary N) is 2. The lowest BCUT2D eigenvalue weighted by molar-refractivity contribution is -0.124. The highest BCUT2D eigenvalue weighted by molar-refractivity contribution is 7.89. The van der Waals surface area contributed by atoms with Crippen LogP contribution in [-0.4, -0.2) is 39.0 Å². The van der Waals surface area contributed by atoms with Crippen molar-refractivity contribution in [3.63, 3.8) is 0 Å². The minimum atomic E-state index is -3.29. The van der Waals surface area contributed by atoms with Crippen molar-refractivity contribution in [1.82, 2.24) is 10.0 Å². The average Bonchev–Trinajstić information content (AvgIpc) is 2.14. The van der Waals surface area contributed by atoms with Gasteiger partial charge in [0, 0.05) is 25.9 Å². The van der Waals surface area contributed by atoms with Crippen molar-refractivity contribution in [2.45, 2.75) is 26.7 Å². The fourth-order valence-corrected chi connectivity index (χ4v) is 1.95. The van der Waals surface area contributed by atoms with E-state index in [9.17, 15) is 18.0 Å². The third kappa shape index (κ3) is 8.37. The zero-order valence-electron chi connectivity index (χ0n) is 9.58. The first-order chi connectivity index (χ1) is 7.37. The van der Waals surface area contributed by atoms with Gasteiger partial charge in [0.1, 0.15) is 5.78 Å². The van der Waals surface area contributed by atoms with Crippen molar-refractivity contribution in [3.8, 4) is 0 Å². The number of sulfonamides is 1. The van der Waals surface area contributed by atoms with Crippen LogP contribution in [0.2, 0.25) is 0 Å². The number of hydrogen-bond acceptors (Lipinski definition) is 4. The first-order valence-corrected chi connectivity index (χ1v) is 6.76. The van der Waals surface area contributed by atoms with Crippen molar-refractivity contribution >= 4 is 21.7 Å². The summed E-state index contributed by atoms with van der Waals surface area (Å²) in [4.78, 5) is 21.7. The zero-order valence-corrected chi connectivity index (χ0v) is 10.4. The monoisotopic (exact) mass is 250 g/mol. The number of carbonyl (C=O) groups excluding carboxylic acids is 2. The summed E-state index contributed by atoms with van der Waals surface area (Å²) in [6.45, 7) is 3.48. The van der Waals surface area contributed by atoms with Gasteiger partial charge in [0.2, 0.25) is 15.9 Å². The maximum absolute atomic E-state index is 11.2. The van der Waals surface area contributed by atoms with Gasteiger partial charge in [0.25, 0.3) is 0 Å². The predicted octanol–water partition coefficient (Wildman–Crippen LogP) is -0.589. The quantitative estimate of drug-likeness (QED) is 0.602. The van der Waals surface area contributed by atoms with Crippen LogP contribution in [-0.2, 0) is 19.6 Å². The van der Waals surface area contributed by atoms with Crippen LogP contribution in [0.4, 0.5) is 0 Å². The highest BCUT2D eigenvalue weighted by atomic mass is 32.2. The summed E-state index contributed by atoms with van der Waals surface area (Å²) >= 11 is 0. The molecule has 0 radical (unpaired) electrons. The summed E-state index contributed by atoms with van der Waals surface area (Å²) in [6.07, 6.45) is 0.294. The molecule has 0 unspecified atom stereocenters. The molecular weight excluding hydrogens is 232 g/mol. The second kappa shape index (κ2) is 7.34. The molecule has 0 aliphatic carbocycles. The van der Waals surface area contributed by atoms with Crippen LogP contribution in [0.15, 0.2) is 0 Å². The second-order valence-corrected chi connectivity index (χ2v) is 5.30. The zero-order chi connectivity index (χ0) is 12.6. The Labute approximate surface area is 95.8 Å². The van der Waals surface area contributed by atoms with Gasteiger partial charge in [-0.1, -0.05) is 6.92 Å². The second-order valence-electron chi connectivity index (χ2n) is 3.37. The van der Waals surface area contributed by atoms with Gasteiger partial charge in [-0.3, -0.25) is 4.79 Å². The van der Waals surface area contributed by atoms with Gasteiger partial charge < -0.3 is 10.1 Å². The lowest BCUT2D eigenvalue weighted by atomic mass is 10.2. The van der Waals surface area contributed by atoms with E-state index in [2.05, 4.69) is 10.0 Å². The van der Waals surface area contributed by atoms with E-state index in [0.717, 1.165) is 0 Å². The molecule has 0 bridgehead atoms.